The van der Waals surface area contributed by atoms with Crippen LogP contribution in [0.4, 0.5) is 0 Å². The molecule has 0 radical (unpaired) electrons. The minimum absolute atomic E-state index is 0.682. The van der Waals surface area contributed by atoms with Gasteiger partial charge < -0.3 is 8.82 Å². The van der Waals surface area contributed by atoms with Crippen molar-refractivity contribution in [3.05, 3.63) is 164 Å². The van der Waals surface area contributed by atoms with E-state index in [-0.39, 0.29) is 0 Å². The first-order valence-corrected chi connectivity index (χ1v) is 16.9. The van der Waals surface area contributed by atoms with Crippen molar-refractivity contribution in [2.75, 3.05) is 0 Å². The summed E-state index contributed by atoms with van der Waals surface area (Å²) in [4.78, 5) is 10.6. The van der Waals surface area contributed by atoms with Crippen LogP contribution >= 0.6 is 0 Å². The predicted molar refractivity (Wildman–Crippen MR) is 206 cm³/mol. The summed E-state index contributed by atoms with van der Waals surface area (Å²) in [6.45, 7) is 0. The second-order valence-corrected chi connectivity index (χ2v) is 12.9. The molecule has 0 saturated carbocycles. The average Bonchev–Trinajstić information content (AvgIpc) is 3.85. The quantitative estimate of drug-likeness (QED) is 0.193. The highest BCUT2D eigenvalue weighted by Gasteiger charge is 2.24. The first-order chi connectivity index (χ1) is 24.8. The van der Waals surface area contributed by atoms with Gasteiger partial charge >= 0.3 is 0 Å². The molecule has 4 heterocycles. The van der Waals surface area contributed by atoms with Gasteiger partial charge in [-0.25, -0.2) is 9.97 Å². The van der Waals surface area contributed by atoms with E-state index in [4.69, 9.17) is 14.4 Å². The van der Waals surface area contributed by atoms with Gasteiger partial charge in [-0.2, -0.15) is 0 Å². The van der Waals surface area contributed by atoms with E-state index in [1.165, 1.54) is 32.6 Å². The van der Waals surface area contributed by atoms with Gasteiger partial charge in [-0.1, -0.05) is 121 Å². The Labute approximate surface area is 286 Å². The van der Waals surface area contributed by atoms with Gasteiger partial charge in [0.1, 0.15) is 11.2 Å². The number of rotatable bonds is 4. The van der Waals surface area contributed by atoms with Gasteiger partial charge in [0.05, 0.1) is 27.9 Å². The summed E-state index contributed by atoms with van der Waals surface area (Å²) in [7, 11) is 0. The topological polar surface area (TPSA) is 43.3 Å². The summed E-state index contributed by atoms with van der Waals surface area (Å²) in [5.41, 5.74) is 12.3. The lowest BCUT2D eigenvalue weighted by Gasteiger charge is -2.15. The van der Waals surface area contributed by atoms with Crippen molar-refractivity contribution < 1.29 is 4.42 Å². The van der Waals surface area contributed by atoms with E-state index < -0.39 is 0 Å². The molecule has 4 aromatic heterocycles. The standard InChI is InChI=1S/C46H27N3O/c1-3-12-28(13-4-1)37-27-38(29-14-5-2-6-15-29)48-46(47-37)36-24-25-40-44(35-19-11-18-34-31-16-7-9-20-39(31)49(40)45(34)35)43(36)30-22-23-33-32-17-8-10-21-41(32)50-42(33)26-30/h1-27H. The van der Waals surface area contributed by atoms with Crippen LogP contribution in [0.1, 0.15) is 0 Å². The molecule has 4 heteroatoms. The lowest BCUT2D eigenvalue weighted by atomic mass is 9.92. The molecule has 0 fully saturated rings. The normalized spacial score (nSPS) is 12.0. The van der Waals surface area contributed by atoms with Crippen LogP contribution in [0.2, 0.25) is 0 Å². The Bertz CT molecular complexity index is 3030. The van der Waals surface area contributed by atoms with Gasteiger partial charge in [0, 0.05) is 54.6 Å². The van der Waals surface area contributed by atoms with Crippen LogP contribution in [0, 0.1) is 0 Å². The minimum Gasteiger partial charge on any atom is -0.456 e. The van der Waals surface area contributed by atoms with Crippen molar-refractivity contribution in [3.8, 4) is 45.0 Å². The highest BCUT2D eigenvalue weighted by Crippen LogP contribution is 2.47. The lowest BCUT2D eigenvalue weighted by molar-refractivity contribution is 0.669. The number of hydrogen-bond acceptors (Lipinski definition) is 3. The van der Waals surface area contributed by atoms with Crippen LogP contribution in [-0.2, 0) is 0 Å². The molecular weight excluding hydrogens is 611 g/mol. The van der Waals surface area contributed by atoms with E-state index in [0.717, 1.165) is 66.7 Å². The maximum absolute atomic E-state index is 6.46. The smallest absolute Gasteiger partial charge is 0.161 e. The average molecular weight is 638 g/mol. The summed E-state index contributed by atoms with van der Waals surface area (Å²) in [6, 6.07) is 57.5. The van der Waals surface area contributed by atoms with Crippen LogP contribution in [0.15, 0.2) is 168 Å². The molecule has 0 amide bonds. The summed E-state index contributed by atoms with van der Waals surface area (Å²) >= 11 is 0. The predicted octanol–water partition coefficient (Wildman–Crippen LogP) is 12.2. The zero-order valence-electron chi connectivity index (χ0n) is 26.8. The summed E-state index contributed by atoms with van der Waals surface area (Å²) in [5, 5.41) is 7.12. The third-order valence-electron chi connectivity index (χ3n) is 10.2. The Kier molecular flexibility index (Phi) is 5.63. The first kappa shape index (κ1) is 27.2. The third-order valence-corrected chi connectivity index (χ3v) is 10.2. The number of para-hydroxylation sites is 3. The fraction of sp³-hybridized carbons (Fsp3) is 0. The molecule has 0 atom stereocenters. The molecule has 0 unspecified atom stereocenters. The molecule has 232 valence electrons. The van der Waals surface area contributed by atoms with Crippen LogP contribution in [0.5, 0.6) is 0 Å². The molecule has 4 nitrogen and oxygen atoms in total. The number of hydrogen-bond donors (Lipinski definition) is 0. The summed E-state index contributed by atoms with van der Waals surface area (Å²) < 4.78 is 8.89. The fourth-order valence-corrected chi connectivity index (χ4v) is 7.97. The molecule has 0 aliphatic heterocycles. The molecule has 11 rings (SSSR count). The molecule has 0 aliphatic carbocycles. The maximum Gasteiger partial charge on any atom is 0.161 e. The first-order valence-electron chi connectivity index (χ1n) is 16.9. The molecule has 0 saturated heterocycles. The monoisotopic (exact) mass is 637 g/mol. The lowest BCUT2D eigenvalue weighted by Crippen LogP contribution is -1.98. The van der Waals surface area contributed by atoms with E-state index in [9.17, 15) is 0 Å². The Morgan fingerprint density at radius 1 is 0.420 bits per heavy atom. The van der Waals surface area contributed by atoms with E-state index in [2.05, 4.69) is 144 Å². The van der Waals surface area contributed by atoms with Gasteiger partial charge in [-0.15, -0.1) is 0 Å². The van der Waals surface area contributed by atoms with E-state index in [0.29, 0.717) is 5.82 Å². The van der Waals surface area contributed by atoms with E-state index in [1.54, 1.807) is 0 Å². The molecule has 7 aromatic carbocycles. The van der Waals surface area contributed by atoms with Gasteiger partial charge in [0.15, 0.2) is 5.82 Å². The number of aromatic nitrogens is 3. The number of furan rings is 1. The highest BCUT2D eigenvalue weighted by molar-refractivity contribution is 6.27. The van der Waals surface area contributed by atoms with Gasteiger partial charge in [0.2, 0.25) is 0 Å². The fourth-order valence-electron chi connectivity index (χ4n) is 7.97. The number of fused-ring (bicyclic) bond motifs is 9. The summed E-state index contributed by atoms with van der Waals surface area (Å²) in [6.07, 6.45) is 0. The molecular formula is C46H27N3O. The van der Waals surface area contributed by atoms with Crippen molar-refractivity contribution in [1.82, 2.24) is 14.4 Å². The van der Waals surface area contributed by atoms with Crippen molar-refractivity contribution >= 4 is 60.0 Å². The van der Waals surface area contributed by atoms with Gasteiger partial charge in [-0.05, 0) is 48.0 Å². The second kappa shape index (κ2) is 10.4. The Morgan fingerprint density at radius 2 is 1.06 bits per heavy atom. The van der Waals surface area contributed by atoms with Crippen molar-refractivity contribution in [1.29, 1.82) is 0 Å². The minimum atomic E-state index is 0.682. The Morgan fingerprint density at radius 3 is 1.84 bits per heavy atom. The third kappa shape index (κ3) is 3.87. The van der Waals surface area contributed by atoms with Crippen LogP contribution < -0.4 is 0 Å². The van der Waals surface area contributed by atoms with Gasteiger partial charge in [0.25, 0.3) is 0 Å². The highest BCUT2D eigenvalue weighted by atomic mass is 16.3. The molecule has 11 aromatic rings. The zero-order chi connectivity index (χ0) is 32.8. The number of nitrogens with zero attached hydrogens (tertiary/aromatic N) is 3. The van der Waals surface area contributed by atoms with Crippen LogP contribution in [-0.4, -0.2) is 14.4 Å². The zero-order valence-corrected chi connectivity index (χ0v) is 26.8. The van der Waals surface area contributed by atoms with Gasteiger partial charge in [-0.3, -0.25) is 0 Å². The van der Waals surface area contributed by atoms with Crippen molar-refractivity contribution in [2.24, 2.45) is 0 Å². The second-order valence-electron chi connectivity index (χ2n) is 12.9. The molecule has 0 spiro atoms. The van der Waals surface area contributed by atoms with Crippen molar-refractivity contribution in [2.45, 2.75) is 0 Å². The molecule has 50 heavy (non-hydrogen) atoms. The van der Waals surface area contributed by atoms with Crippen LogP contribution in [0.3, 0.4) is 0 Å². The number of benzene rings is 7. The Hall–Kier alpha value is -6.78. The van der Waals surface area contributed by atoms with Crippen LogP contribution in [0.25, 0.3) is 105 Å². The maximum atomic E-state index is 6.46. The summed E-state index contributed by atoms with van der Waals surface area (Å²) in [5.74, 6) is 0.682. The SMILES string of the molecule is c1ccc(-c2cc(-c3ccccc3)nc(-c3ccc4c(c3-c3ccc5c(c3)oc3ccccc35)c3cccc5c6ccccc6n4c53)n2)cc1. The van der Waals surface area contributed by atoms with E-state index >= 15 is 0 Å². The molecule has 0 aliphatic rings. The van der Waals surface area contributed by atoms with E-state index in [1.807, 2.05) is 24.3 Å². The molecule has 0 bridgehead atoms. The molecule has 0 N–H and O–H groups in total. The Balaban J connectivity index is 1.28. The largest absolute Gasteiger partial charge is 0.456 e. The van der Waals surface area contributed by atoms with Crippen molar-refractivity contribution in [3.63, 3.8) is 0 Å².